The minimum Gasteiger partial charge on any atom is -0.396 e. The Balaban J connectivity index is 2.87. The summed E-state index contributed by atoms with van der Waals surface area (Å²) in [6.07, 6.45) is 1.77. The molecule has 0 radical (unpaired) electrons. The smallest absolute Gasteiger partial charge is 0.151 e. The Labute approximate surface area is 99.8 Å². The van der Waals surface area contributed by atoms with Crippen molar-refractivity contribution in [1.29, 1.82) is 0 Å². The molecular weight excluding hydrogens is 254 g/mol. The van der Waals surface area contributed by atoms with Gasteiger partial charge in [0.25, 0.3) is 0 Å². The van der Waals surface area contributed by atoms with Gasteiger partial charge in [-0.1, -0.05) is 20.8 Å². The molecule has 15 heavy (non-hydrogen) atoms. The summed E-state index contributed by atoms with van der Waals surface area (Å²) >= 11 is 3.35. The number of pyridine rings is 1. The minimum atomic E-state index is 0.232. The summed E-state index contributed by atoms with van der Waals surface area (Å²) in [5, 5.41) is 0. The van der Waals surface area contributed by atoms with E-state index in [1.165, 1.54) is 0 Å². The van der Waals surface area contributed by atoms with Crippen LogP contribution in [0.3, 0.4) is 0 Å². The van der Waals surface area contributed by atoms with Crippen molar-refractivity contribution in [1.82, 2.24) is 4.98 Å². The molecule has 84 valence electrons. The number of halogens is 1. The molecule has 2 N–H and O–H groups in total. The molecule has 1 rings (SSSR count). The summed E-state index contributed by atoms with van der Waals surface area (Å²) in [4.78, 5) is 6.40. The molecule has 0 aliphatic heterocycles. The second-order valence-electron chi connectivity index (χ2n) is 4.98. The lowest BCUT2D eigenvalue weighted by Gasteiger charge is -2.28. The van der Waals surface area contributed by atoms with E-state index < -0.39 is 0 Å². The van der Waals surface area contributed by atoms with Gasteiger partial charge in [-0.15, -0.1) is 0 Å². The van der Waals surface area contributed by atoms with E-state index in [9.17, 15) is 0 Å². The molecule has 0 saturated carbocycles. The zero-order valence-corrected chi connectivity index (χ0v) is 11.3. The van der Waals surface area contributed by atoms with Crippen LogP contribution in [0.2, 0.25) is 0 Å². The van der Waals surface area contributed by atoms with Crippen LogP contribution in [0.25, 0.3) is 0 Å². The van der Waals surface area contributed by atoms with Crippen LogP contribution in [-0.4, -0.2) is 18.6 Å². The average molecular weight is 272 g/mol. The Bertz CT molecular complexity index is 344. The lowest BCUT2D eigenvalue weighted by Crippen LogP contribution is -2.30. The number of anilines is 2. The molecule has 0 atom stereocenters. The number of hydrogen-bond acceptors (Lipinski definition) is 3. The predicted molar refractivity (Wildman–Crippen MR) is 69.1 cm³/mol. The van der Waals surface area contributed by atoms with Gasteiger partial charge in [-0.3, -0.25) is 0 Å². The normalized spacial score (nSPS) is 11.5. The van der Waals surface area contributed by atoms with E-state index in [0.29, 0.717) is 5.69 Å². The Morgan fingerprint density at radius 1 is 1.47 bits per heavy atom. The van der Waals surface area contributed by atoms with Gasteiger partial charge in [0.05, 0.1) is 5.69 Å². The van der Waals surface area contributed by atoms with Gasteiger partial charge in [0.2, 0.25) is 0 Å². The van der Waals surface area contributed by atoms with Gasteiger partial charge < -0.3 is 10.6 Å². The van der Waals surface area contributed by atoms with Gasteiger partial charge in [0, 0.05) is 24.3 Å². The lowest BCUT2D eigenvalue weighted by atomic mass is 9.96. The molecule has 4 heteroatoms. The molecule has 3 nitrogen and oxygen atoms in total. The van der Waals surface area contributed by atoms with E-state index in [2.05, 4.69) is 46.6 Å². The molecule has 0 saturated heterocycles. The first-order valence-corrected chi connectivity index (χ1v) is 5.71. The van der Waals surface area contributed by atoms with Crippen LogP contribution in [0.5, 0.6) is 0 Å². The van der Waals surface area contributed by atoms with Crippen molar-refractivity contribution in [3.8, 4) is 0 Å². The second kappa shape index (κ2) is 4.39. The van der Waals surface area contributed by atoms with E-state index in [1.807, 2.05) is 13.1 Å². The van der Waals surface area contributed by atoms with E-state index in [1.54, 1.807) is 6.20 Å². The third-order valence-corrected chi connectivity index (χ3v) is 2.37. The zero-order valence-electron chi connectivity index (χ0n) is 9.71. The van der Waals surface area contributed by atoms with Gasteiger partial charge in [0.1, 0.15) is 0 Å². The van der Waals surface area contributed by atoms with Crippen LogP contribution >= 0.6 is 15.9 Å². The van der Waals surface area contributed by atoms with Gasteiger partial charge in [-0.25, -0.2) is 4.98 Å². The van der Waals surface area contributed by atoms with Crippen LogP contribution in [0.15, 0.2) is 16.7 Å². The number of rotatable bonds is 2. The molecule has 1 aromatic rings. The molecule has 0 amide bonds. The molecular formula is C11H18BrN3. The summed E-state index contributed by atoms with van der Waals surface area (Å²) in [5.41, 5.74) is 6.84. The van der Waals surface area contributed by atoms with Gasteiger partial charge in [0.15, 0.2) is 5.82 Å². The summed E-state index contributed by atoms with van der Waals surface area (Å²) in [6.45, 7) is 7.50. The topological polar surface area (TPSA) is 42.2 Å². The Kier molecular flexibility index (Phi) is 3.60. The highest BCUT2D eigenvalue weighted by atomic mass is 79.9. The maximum absolute atomic E-state index is 5.91. The predicted octanol–water partition coefficient (Wildman–Crippen LogP) is 2.91. The fourth-order valence-corrected chi connectivity index (χ4v) is 1.90. The molecule has 0 spiro atoms. The monoisotopic (exact) mass is 271 g/mol. The van der Waals surface area contributed by atoms with Crippen molar-refractivity contribution in [3.05, 3.63) is 16.7 Å². The van der Waals surface area contributed by atoms with Crippen LogP contribution in [0.1, 0.15) is 20.8 Å². The standard InChI is InChI=1S/C11H18BrN3/c1-11(2,3)7-15(4)10-9(13)5-8(12)6-14-10/h5-6H,7,13H2,1-4H3. The third kappa shape index (κ3) is 3.70. The summed E-state index contributed by atoms with van der Waals surface area (Å²) in [5.74, 6) is 0.841. The molecule has 1 heterocycles. The SMILES string of the molecule is CN(CC(C)(C)C)c1ncc(Br)cc1N. The number of nitrogens with zero attached hydrogens (tertiary/aromatic N) is 2. The first-order chi connectivity index (χ1) is 6.79. The number of nitrogen functional groups attached to an aromatic ring is 1. The summed E-state index contributed by atoms with van der Waals surface area (Å²) < 4.78 is 0.910. The number of nitrogens with two attached hydrogens (primary N) is 1. The van der Waals surface area contributed by atoms with Crippen LogP contribution in [-0.2, 0) is 0 Å². The lowest BCUT2D eigenvalue weighted by molar-refractivity contribution is 0.418. The molecule has 0 aliphatic rings. The third-order valence-electron chi connectivity index (χ3n) is 1.93. The minimum absolute atomic E-state index is 0.232. The van der Waals surface area contributed by atoms with Crippen LogP contribution in [0, 0.1) is 5.41 Å². The highest BCUT2D eigenvalue weighted by Crippen LogP contribution is 2.25. The Morgan fingerprint density at radius 3 is 2.53 bits per heavy atom. The molecule has 0 bridgehead atoms. The van der Waals surface area contributed by atoms with Crippen molar-refractivity contribution in [3.63, 3.8) is 0 Å². The number of aromatic nitrogens is 1. The first-order valence-electron chi connectivity index (χ1n) is 4.92. The number of hydrogen-bond donors (Lipinski definition) is 1. The van der Waals surface area contributed by atoms with E-state index in [-0.39, 0.29) is 5.41 Å². The average Bonchev–Trinajstić information content (AvgIpc) is 1.99. The van der Waals surface area contributed by atoms with Gasteiger partial charge in [-0.05, 0) is 27.4 Å². The molecule has 0 fully saturated rings. The van der Waals surface area contributed by atoms with E-state index in [4.69, 9.17) is 5.73 Å². The molecule has 0 aromatic carbocycles. The van der Waals surface area contributed by atoms with E-state index in [0.717, 1.165) is 16.8 Å². The molecule has 0 aliphatic carbocycles. The largest absolute Gasteiger partial charge is 0.396 e. The van der Waals surface area contributed by atoms with Crippen LogP contribution in [0.4, 0.5) is 11.5 Å². The quantitative estimate of drug-likeness (QED) is 0.900. The fourth-order valence-electron chi connectivity index (χ4n) is 1.55. The summed E-state index contributed by atoms with van der Waals surface area (Å²) in [6, 6.07) is 1.88. The first kappa shape index (κ1) is 12.3. The highest BCUT2D eigenvalue weighted by molar-refractivity contribution is 9.10. The van der Waals surface area contributed by atoms with E-state index >= 15 is 0 Å². The Hall–Kier alpha value is -0.770. The second-order valence-corrected chi connectivity index (χ2v) is 5.90. The maximum Gasteiger partial charge on any atom is 0.151 e. The zero-order chi connectivity index (χ0) is 11.6. The van der Waals surface area contributed by atoms with Gasteiger partial charge >= 0.3 is 0 Å². The van der Waals surface area contributed by atoms with Crippen LogP contribution < -0.4 is 10.6 Å². The van der Waals surface area contributed by atoms with Crippen molar-refractivity contribution >= 4 is 27.4 Å². The fraction of sp³-hybridized carbons (Fsp3) is 0.545. The Morgan fingerprint density at radius 2 is 2.07 bits per heavy atom. The maximum atomic E-state index is 5.91. The highest BCUT2D eigenvalue weighted by Gasteiger charge is 2.16. The van der Waals surface area contributed by atoms with Crippen molar-refractivity contribution in [2.45, 2.75) is 20.8 Å². The van der Waals surface area contributed by atoms with Gasteiger partial charge in [-0.2, -0.15) is 0 Å². The van der Waals surface area contributed by atoms with Crippen molar-refractivity contribution < 1.29 is 0 Å². The summed E-state index contributed by atoms with van der Waals surface area (Å²) in [7, 11) is 2.01. The van der Waals surface area contributed by atoms with Crippen molar-refractivity contribution in [2.24, 2.45) is 5.41 Å². The molecule has 1 aromatic heterocycles. The molecule has 0 unspecified atom stereocenters. The van der Waals surface area contributed by atoms with Crippen molar-refractivity contribution in [2.75, 3.05) is 24.2 Å².